The van der Waals surface area contributed by atoms with E-state index in [-0.39, 0.29) is 23.2 Å². The number of piperidine rings is 1. The van der Waals surface area contributed by atoms with Gasteiger partial charge < -0.3 is 15.5 Å². The number of amides is 2. The van der Waals surface area contributed by atoms with Crippen LogP contribution in [0.2, 0.25) is 0 Å². The third-order valence-corrected chi connectivity index (χ3v) is 5.76. The molecule has 2 amide bonds. The van der Waals surface area contributed by atoms with Gasteiger partial charge in [0.2, 0.25) is 0 Å². The topological polar surface area (TPSA) is 92.2 Å². The first-order chi connectivity index (χ1) is 15.7. The van der Waals surface area contributed by atoms with Gasteiger partial charge in [0.05, 0.1) is 6.54 Å². The number of nitrogens with one attached hydrogen (secondary N) is 2. The summed E-state index contributed by atoms with van der Waals surface area (Å²) < 4.78 is 1.71. The summed E-state index contributed by atoms with van der Waals surface area (Å²) in [6.45, 7) is 9.65. The lowest BCUT2D eigenvalue weighted by atomic mass is 10.0. The fourth-order valence-corrected chi connectivity index (χ4v) is 4.09. The number of aromatic nitrogens is 3. The molecule has 1 saturated heterocycles. The van der Waals surface area contributed by atoms with Crippen molar-refractivity contribution < 1.29 is 4.79 Å². The van der Waals surface area contributed by atoms with E-state index in [0.717, 1.165) is 18.4 Å². The van der Waals surface area contributed by atoms with Crippen LogP contribution in [0.15, 0.2) is 47.4 Å². The molecule has 8 heteroatoms. The average Bonchev–Trinajstić information content (AvgIpc) is 2.76. The zero-order chi connectivity index (χ0) is 23.6. The zero-order valence-electron chi connectivity index (χ0n) is 19.8. The molecule has 0 unspecified atom stereocenters. The van der Waals surface area contributed by atoms with E-state index in [4.69, 9.17) is 0 Å². The Morgan fingerprint density at radius 1 is 1.12 bits per heavy atom. The molecule has 0 spiro atoms. The number of pyridine rings is 1. The Morgan fingerprint density at radius 3 is 2.48 bits per heavy atom. The first-order valence-corrected chi connectivity index (χ1v) is 11.4. The van der Waals surface area contributed by atoms with Crippen molar-refractivity contribution in [1.82, 2.24) is 25.2 Å². The Balaban J connectivity index is 1.55. The summed E-state index contributed by atoms with van der Waals surface area (Å²) in [6, 6.07) is 11.8. The SMILES string of the molecule is Cc1ccc(Cn2c(=O)c(N3CCC(NC(=O)NC(C)(C)C)CC3)nc3cccnc32)cc1. The molecular formula is C25H32N6O2. The maximum atomic E-state index is 13.5. The third kappa shape index (κ3) is 5.50. The molecule has 1 fully saturated rings. The van der Waals surface area contributed by atoms with Crippen LogP contribution in [0.5, 0.6) is 0 Å². The third-order valence-electron chi connectivity index (χ3n) is 5.76. The number of aryl methyl sites for hydroxylation is 1. The molecular weight excluding hydrogens is 416 g/mol. The Hall–Kier alpha value is -3.42. The fourth-order valence-electron chi connectivity index (χ4n) is 4.09. The second-order valence-electron chi connectivity index (χ2n) is 9.77. The molecule has 2 N–H and O–H groups in total. The number of hydrogen-bond donors (Lipinski definition) is 2. The minimum Gasteiger partial charge on any atom is -0.352 e. The monoisotopic (exact) mass is 448 g/mol. The van der Waals surface area contributed by atoms with Crippen LogP contribution in [0.4, 0.5) is 10.6 Å². The maximum Gasteiger partial charge on any atom is 0.315 e. The Bertz CT molecular complexity index is 1190. The molecule has 0 bridgehead atoms. The van der Waals surface area contributed by atoms with Gasteiger partial charge in [-0.15, -0.1) is 0 Å². The van der Waals surface area contributed by atoms with Crippen LogP contribution in [0.1, 0.15) is 44.7 Å². The lowest BCUT2D eigenvalue weighted by molar-refractivity contribution is 0.225. The van der Waals surface area contributed by atoms with E-state index in [2.05, 4.69) is 20.6 Å². The molecule has 1 aliphatic heterocycles. The second-order valence-corrected chi connectivity index (χ2v) is 9.77. The predicted octanol–water partition coefficient (Wildman–Crippen LogP) is 3.21. The van der Waals surface area contributed by atoms with Crippen LogP contribution in [0.3, 0.4) is 0 Å². The molecule has 0 radical (unpaired) electrons. The van der Waals surface area contributed by atoms with Crippen LogP contribution < -0.4 is 21.1 Å². The first kappa shape index (κ1) is 22.8. The number of rotatable bonds is 4. The standard InChI is InChI=1S/C25H32N6O2/c1-17-7-9-18(10-8-17)16-31-21-20(6-5-13-26-21)28-22(23(31)32)30-14-11-19(12-15-30)27-24(33)29-25(2,3)4/h5-10,13,19H,11-12,14-16H2,1-4H3,(H2,27,29,33). The van der Waals surface area contributed by atoms with Crippen LogP contribution in [0.25, 0.3) is 11.2 Å². The summed E-state index contributed by atoms with van der Waals surface area (Å²) in [4.78, 5) is 36.9. The van der Waals surface area contributed by atoms with Crippen molar-refractivity contribution in [3.05, 3.63) is 64.1 Å². The van der Waals surface area contributed by atoms with Crippen LogP contribution in [0, 0.1) is 6.92 Å². The van der Waals surface area contributed by atoms with Crippen molar-refractivity contribution in [2.45, 2.75) is 58.7 Å². The van der Waals surface area contributed by atoms with Crippen molar-refractivity contribution in [1.29, 1.82) is 0 Å². The normalized spacial score (nSPS) is 15.0. The molecule has 1 aromatic carbocycles. The number of carbonyl (C=O) groups excluding carboxylic acids is 1. The van der Waals surface area contributed by atoms with Crippen molar-refractivity contribution in [2.75, 3.05) is 18.0 Å². The van der Waals surface area contributed by atoms with Gasteiger partial charge in [-0.1, -0.05) is 29.8 Å². The maximum absolute atomic E-state index is 13.5. The van der Waals surface area contributed by atoms with Gasteiger partial charge in [0, 0.05) is 30.9 Å². The van der Waals surface area contributed by atoms with Gasteiger partial charge in [0.1, 0.15) is 5.52 Å². The molecule has 0 atom stereocenters. The van der Waals surface area contributed by atoms with E-state index >= 15 is 0 Å². The van der Waals surface area contributed by atoms with Crippen LogP contribution in [-0.4, -0.2) is 45.2 Å². The molecule has 1 aliphatic rings. The van der Waals surface area contributed by atoms with Crippen LogP contribution >= 0.6 is 0 Å². The van der Waals surface area contributed by atoms with Crippen molar-refractivity contribution in [3.63, 3.8) is 0 Å². The van der Waals surface area contributed by atoms with Gasteiger partial charge in [-0.3, -0.25) is 9.36 Å². The van der Waals surface area contributed by atoms with Crippen LogP contribution in [-0.2, 0) is 6.54 Å². The van der Waals surface area contributed by atoms with Gasteiger partial charge in [-0.25, -0.2) is 14.8 Å². The molecule has 174 valence electrons. The van der Waals surface area contributed by atoms with Gasteiger partial charge in [0.25, 0.3) is 5.56 Å². The number of hydrogen-bond acceptors (Lipinski definition) is 5. The smallest absolute Gasteiger partial charge is 0.315 e. The number of anilines is 1. The number of fused-ring (bicyclic) bond motifs is 1. The molecule has 3 aromatic rings. The lowest BCUT2D eigenvalue weighted by Crippen LogP contribution is -2.52. The van der Waals surface area contributed by atoms with E-state index in [1.807, 2.05) is 69.0 Å². The Labute approximate surface area is 194 Å². The summed E-state index contributed by atoms with van der Waals surface area (Å²) >= 11 is 0. The summed E-state index contributed by atoms with van der Waals surface area (Å²) in [5.41, 5.74) is 3.08. The average molecular weight is 449 g/mol. The zero-order valence-corrected chi connectivity index (χ0v) is 19.8. The van der Waals surface area contributed by atoms with Gasteiger partial charge >= 0.3 is 6.03 Å². The highest BCUT2D eigenvalue weighted by Gasteiger charge is 2.25. The number of benzene rings is 1. The second kappa shape index (κ2) is 9.21. The highest BCUT2D eigenvalue weighted by molar-refractivity contribution is 5.75. The first-order valence-electron chi connectivity index (χ1n) is 11.4. The van der Waals surface area contributed by atoms with Gasteiger partial charge in [-0.05, 0) is 58.2 Å². The summed E-state index contributed by atoms with van der Waals surface area (Å²) in [7, 11) is 0. The fraction of sp³-hybridized carbons (Fsp3) is 0.440. The summed E-state index contributed by atoms with van der Waals surface area (Å²) in [6.07, 6.45) is 3.19. The molecule has 3 heterocycles. The van der Waals surface area contributed by atoms with E-state index in [1.165, 1.54) is 5.56 Å². The highest BCUT2D eigenvalue weighted by Crippen LogP contribution is 2.19. The molecule has 33 heavy (non-hydrogen) atoms. The quantitative estimate of drug-likeness (QED) is 0.639. The largest absolute Gasteiger partial charge is 0.352 e. The summed E-state index contributed by atoms with van der Waals surface area (Å²) in [5.74, 6) is 0.445. The highest BCUT2D eigenvalue weighted by atomic mass is 16.2. The van der Waals surface area contributed by atoms with Crippen molar-refractivity contribution in [2.24, 2.45) is 0 Å². The van der Waals surface area contributed by atoms with Crippen molar-refractivity contribution >= 4 is 23.0 Å². The molecule has 8 nitrogen and oxygen atoms in total. The molecule has 0 saturated carbocycles. The van der Waals surface area contributed by atoms with Gasteiger partial charge in [0.15, 0.2) is 11.5 Å². The minimum atomic E-state index is -0.281. The van der Waals surface area contributed by atoms with E-state index in [1.54, 1.807) is 10.8 Å². The molecule has 2 aromatic heterocycles. The van der Waals surface area contributed by atoms with Crippen molar-refractivity contribution in [3.8, 4) is 0 Å². The van der Waals surface area contributed by atoms with E-state index in [9.17, 15) is 9.59 Å². The van der Waals surface area contributed by atoms with Gasteiger partial charge in [-0.2, -0.15) is 0 Å². The van der Waals surface area contributed by atoms with E-state index < -0.39 is 0 Å². The predicted molar refractivity (Wildman–Crippen MR) is 131 cm³/mol. The Kier molecular flexibility index (Phi) is 6.35. The molecule has 4 rings (SSSR count). The number of nitrogens with zero attached hydrogens (tertiary/aromatic N) is 4. The minimum absolute atomic E-state index is 0.0699. The lowest BCUT2D eigenvalue weighted by Gasteiger charge is -2.33. The number of urea groups is 1. The summed E-state index contributed by atoms with van der Waals surface area (Å²) in [5, 5.41) is 5.99. The Morgan fingerprint density at radius 2 is 1.82 bits per heavy atom. The molecule has 0 aliphatic carbocycles. The number of carbonyl (C=O) groups is 1. The van der Waals surface area contributed by atoms with E-state index in [0.29, 0.717) is 36.6 Å².